The first kappa shape index (κ1) is 25.5. The van der Waals surface area contributed by atoms with Crippen molar-refractivity contribution < 1.29 is 0 Å². The van der Waals surface area contributed by atoms with Crippen molar-refractivity contribution in [3.8, 4) is 5.69 Å². The van der Waals surface area contributed by atoms with E-state index in [4.69, 9.17) is 9.98 Å². The Kier molecular flexibility index (Phi) is 5.85. The van der Waals surface area contributed by atoms with E-state index >= 15 is 0 Å². The van der Waals surface area contributed by atoms with Gasteiger partial charge in [-0.25, -0.2) is 9.98 Å². The summed E-state index contributed by atoms with van der Waals surface area (Å²) in [4.78, 5) is 10.2. The van der Waals surface area contributed by atoms with Crippen molar-refractivity contribution in [3.05, 3.63) is 174 Å². The van der Waals surface area contributed by atoms with E-state index in [1.54, 1.807) is 0 Å². The molecule has 0 bridgehead atoms. The van der Waals surface area contributed by atoms with Crippen LogP contribution in [0.25, 0.3) is 49.0 Å². The molecule has 0 amide bonds. The first-order valence-corrected chi connectivity index (χ1v) is 15.3. The molecule has 212 valence electrons. The Bertz CT molecular complexity index is 2360. The van der Waals surface area contributed by atoms with Crippen molar-refractivity contribution in [3.63, 3.8) is 0 Å². The van der Waals surface area contributed by atoms with E-state index in [-0.39, 0.29) is 6.17 Å². The predicted molar refractivity (Wildman–Crippen MR) is 188 cm³/mol. The minimum Gasteiger partial charge on any atom is -0.344 e. The number of nitrogens with one attached hydrogen (secondary N) is 1. The van der Waals surface area contributed by atoms with E-state index in [1.807, 2.05) is 24.3 Å². The quantitative estimate of drug-likeness (QED) is 0.223. The van der Waals surface area contributed by atoms with Gasteiger partial charge < -0.3 is 9.88 Å². The van der Waals surface area contributed by atoms with Crippen molar-refractivity contribution in [2.75, 3.05) is 0 Å². The molecule has 4 heteroatoms. The van der Waals surface area contributed by atoms with E-state index < -0.39 is 0 Å². The second kappa shape index (κ2) is 10.3. The lowest BCUT2D eigenvalue weighted by Crippen LogP contribution is -2.33. The maximum absolute atomic E-state index is 5.14. The molecule has 0 aliphatic carbocycles. The van der Waals surface area contributed by atoms with Crippen LogP contribution >= 0.6 is 0 Å². The van der Waals surface area contributed by atoms with Gasteiger partial charge in [0.15, 0.2) is 5.84 Å². The van der Waals surface area contributed by atoms with E-state index in [0.717, 1.165) is 28.2 Å². The summed E-state index contributed by atoms with van der Waals surface area (Å²) in [5.41, 5.74) is 6.53. The molecule has 1 N–H and O–H groups in total. The predicted octanol–water partition coefficient (Wildman–Crippen LogP) is 9.59. The van der Waals surface area contributed by atoms with Crippen LogP contribution in [0.4, 0.5) is 0 Å². The van der Waals surface area contributed by atoms with Crippen LogP contribution in [0.3, 0.4) is 0 Å². The summed E-state index contributed by atoms with van der Waals surface area (Å²) in [6.45, 7) is 0. The minimum atomic E-state index is -0.247. The van der Waals surface area contributed by atoms with Crippen LogP contribution in [-0.2, 0) is 0 Å². The Morgan fingerprint density at radius 2 is 1.09 bits per heavy atom. The van der Waals surface area contributed by atoms with Crippen LogP contribution < -0.4 is 5.32 Å². The van der Waals surface area contributed by atoms with Gasteiger partial charge in [0.25, 0.3) is 0 Å². The molecule has 1 aliphatic rings. The zero-order valence-corrected chi connectivity index (χ0v) is 24.4. The molecule has 8 aromatic rings. The smallest absolute Gasteiger partial charge is 0.159 e. The van der Waals surface area contributed by atoms with Crippen LogP contribution in [0.1, 0.15) is 22.9 Å². The molecule has 45 heavy (non-hydrogen) atoms. The largest absolute Gasteiger partial charge is 0.344 e. The topological polar surface area (TPSA) is 41.7 Å². The van der Waals surface area contributed by atoms with Crippen molar-refractivity contribution in [1.82, 2.24) is 9.88 Å². The van der Waals surface area contributed by atoms with Gasteiger partial charge >= 0.3 is 0 Å². The van der Waals surface area contributed by atoms with Crippen LogP contribution in [0.5, 0.6) is 0 Å². The molecular weight excluding hydrogens is 548 g/mol. The van der Waals surface area contributed by atoms with Crippen LogP contribution in [-0.4, -0.2) is 16.2 Å². The van der Waals surface area contributed by atoms with Crippen LogP contribution in [0, 0.1) is 0 Å². The number of nitrogens with zero attached hydrogens (tertiary/aromatic N) is 3. The van der Waals surface area contributed by atoms with E-state index in [0.29, 0.717) is 5.84 Å². The van der Waals surface area contributed by atoms with Crippen molar-refractivity contribution >= 4 is 55.0 Å². The van der Waals surface area contributed by atoms with Crippen molar-refractivity contribution in [1.29, 1.82) is 0 Å². The summed E-state index contributed by atoms with van der Waals surface area (Å²) in [6.07, 6.45) is -0.247. The maximum Gasteiger partial charge on any atom is 0.159 e. The van der Waals surface area contributed by atoms with Gasteiger partial charge in [0.2, 0.25) is 0 Å². The number of amidine groups is 2. The lowest BCUT2D eigenvalue weighted by molar-refractivity contribution is 0.674. The Hall–Kier alpha value is -6.00. The molecule has 4 nitrogen and oxygen atoms in total. The maximum atomic E-state index is 5.14. The fourth-order valence-electron chi connectivity index (χ4n) is 6.74. The Morgan fingerprint density at radius 1 is 0.511 bits per heavy atom. The molecule has 1 aliphatic heterocycles. The summed E-state index contributed by atoms with van der Waals surface area (Å²) in [7, 11) is 0. The lowest BCUT2D eigenvalue weighted by atomic mass is 10.00. The van der Waals surface area contributed by atoms with Gasteiger partial charge in [-0.2, -0.15) is 0 Å². The SMILES string of the molecule is c1ccc(C2=NC(c3cccc(-n4c5ccc6ccccc6c5c5c6ccccc6ccc54)c3)=NC(c3ccccc3)N2)cc1. The number of hydrogen-bond acceptors (Lipinski definition) is 3. The molecule has 9 rings (SSSR count). The van der Waals surface area contributed by atoms with Gasteiger partial charge in [0.05, 0.1) is 11.0 Å². The van der Waals surface area contributed by atoms with Crippen LogP contribution in [0.15, 0.2) is 168 Å². The molecule has 0 saturated heterocycles. The van der Waals surface area contributed by atoms with Crippen molar-refractivity contribution in [2.24, 2.45) is 9.98 Å². The molecule has 1 unspecified atom stereocenters. The van der Waals surface area contributed by atoms with E-state index in [9.17, 15) is 0 Å². The molecule has 1 aromatic heterocycles. The minimum absolute atomic E-state index is 0.247. The van der Waals surface area contributed by atoms with Gasteiger partial charge in [-0.3, -0.25) is 0 Å². The average molecular weight is 577 g/mol. The van der Waals surface area contributed by atoms with E-state index in [1.165, 1.54) is 43.4 Å². The van der Waals surface area contributed by atoms with Crippen LogP contribution in [0.2, 0.25) is 0 Å². The molecule has 7 aromatic carbocycles. The highest BCUT2D eigenvalue weighted by atomic mass is 15.2. The third-order valence-electron chi connectivity index (χ3n) is 8.81. The fourth-order valence-corrected chi connectivity index (χ4v) is 6.74. The summed E-state index contributed by atoms with van der Waals surface area (Å²) in [5, 5.41) is 11.1. The Balaban J connectivity index is 1.28. The summed E-state index contributed by atoms with van der Waals surface area (Å²) < 4.78 is 2.39. The second-order valence-electron chi connectivity index (χ2n) is 11.5. The molecule has 0 radical (unpaired) electrons. The first-order chi connectivity index (χ1) is 22.3. The molecule has 2 heterocycles. The van der Waals surface area contributed by atoms with Gasteiger partial charge in [0, 0.05) is 27.6 Å². The van der Waals surface area contributed by atoms with Crippen molar-refractivity contribution in [2.45, 2.75) is 6.17 Å². The molecule has 0 saturated carbocycles. The third-order valence-corrected chi connectivity index (χ3v) is 8.81. The summed E-state index contributed by atoms with van der Waals surface area (Å²) >= 11 is 0. The standard InChI is InChI=1S/C41H28N4/c1-3-14-29(15-4-1)39-42-40(30-16-5-2-6-17-30)44-41(43-39)31-18-11-19-32(26-31)45-35-24-22-27-12-7-9-20-33(27)37(35)38-34-21-10-8-13-28(34)23-25-36(38)45/h1-26,39H,(H,42,43,44). The Labute approximate surface area is 260 Å². The van der Waals surface area contributed by atoms with Gasteiger partial charge in [0.1, 0.15) is 12.0 Å². The molecule has 1 atom stereocenters. The van der Waals surface area contributed by atoms with Gasteiger partial charge in [-0.1, -0.05) is 133 Å². The fraction of sp³-hybridized carbons (Fsp3) is 0.0244. The molecular formula is C41H28N4. The van der Waals surface area contributed by atoms with Gasteiger partial charge in [-0.05, 0) is 51.4 Å². The summed E-state index contributed by atoms with van der Waals surface area (Å²) in [6, 6.07) is 55.6. The molecule has 0 spiro atoms. The van der Waals surface area contributed by atoms with Gasteiger partial charge in [-0.15, -0.1) is 0 Å². The third kappa shape index (κ3) is 4.22. The van der Waals surface area contributed by atoms with E-state index in [2.05, 4.69) is 143 Å². The zero-order valence-electron chi connectivity index (χ0n) is 24.4. The number of hydrogen-bond donors (Lipinski definition) is 1. The highest BCUT2D eigenvalue weighted by molar-refractivity contribution is 6.28. The normalized spacial score (nSPS) is 14.9. The lowest BCUT2D eigenvalue weighted by Gasteiger charge is -2.23. The molecule has 0 fully saturated rings. The summed E-state index contributed by atoms with van der Waals surface area (Å²) in [5.74, 6) is 1.52. The zero-order chi connectivity index (χ0) is 29.7. The highest BCUT2D eigenvalue weighted by Crippen LogP contribution is 2.40. The number of rotatable bonds is 4. The number of benzene rings is 7. The highest BCUT2D eigenvalue weighted by Gasteiger charge is 2.22. The number of aromatic nitrogens is 1. The first-order valence-electron chi connectivity index (χ1n) is 15.3. The average Bonchev–Trinajstić information content (AvgIpc) is 3.48. The second-order valence-corrected chi connectivity index (χ2v) is 11.5. The Morgan fingerprint density at radius 3 is 1.76 bits per heavy atom. The number of fused-ring (bicyclic) bond motifs is 7. The number of aliphatic imine (C=N–C) groups is 2. The monoisotopic (exact) mass is 576 g/mol.